The van der Waals surface area contributed by atoms with Crippen molar-refractivity contribution in [3.8, 4) is 0 Å². The van der Waals surface area contributed by atoms with E-state index < -0.39 is 0 Å². The van der Waals surface area contributed by atoms with E-state index >= 15 is 0 Å². The summed E-state index contributed by atoms with van der Waals surface area (Å²) in [5.74, 6) is 0.220. The van der Waals surface area contributed by atoms with Gasteiger partial charge in [0.25, 0.3) is 0 Å². The zero-order valence-electron chi connectivity index (χ0n) is 7.06. The van der Waals surface area contributed by atoms with Gasteiger partial charge in [-0.2, -0.15) is 0 Å². The van der Waals surface area contributed by atoms with Crippen molar-refractivity contribution in [3.05, 3.63) is 0 Å². The van der Waals surface area contributed by atoms with E-state index in [4.69, 9.17) is 0 Å². The fourth-order valence-corrected chi connectivity index (χ4v) is 2.14. The molecule has 12 heavy (non-hydrogen) atoms. The van der Waals surface area contributed by atoms with Crippen LogP contribution in [0.15, 0.2) is 0 Å². The monoisotopic (exact) mass is 190 g/mol. The van der Waals surface area contributed by atoms with Crippen LogP contribution in [0.5, 0.6) is 0 Å². The predicted molar refractivity (Wildman–Crippen MR) is 48.9 cm³/mol. The van der Waals surface area contributed by atoms with Gasteiger partial charge in [0.1, 0.15) is 0 Å². The molecule has 0 aromatic rings. The Labute approximate surface area is 78.7 Å². The first-order valence-corrected chi connectivity index (χ1v) is 4.37. The minimum atomic E-state index is -0.0295. The quantitative estimate of drug-likeness (QED) is 0.598. The van der Waals surface area contributed by atoms with E-state index in [1.54, 1.807) is 0 Å². The number of carbonyl (C=O) groups excluding carboxylic acids is 1. The molecule has 2 N–H and O–H groups in total. The number of nitrogens with one attached hydrogen (secondary N) is 2. The minimum absolute atomic E-state index is 0. The number of rotatable bonds is 0. The molecular weight excluding hydrogens is 176 g/mol. The second kappa shape index (κ2) is 3.62. The fraction of sp³-hybridized carbons (Fsp3) is 0.875. The standard InChI is InChI=1S/C8H14N2O.ClH/c11-7-8(6-9-10-7)4-2-1-3-5-8;/h9H,1-6H2,(H,10,11);1H. The summed E-state index contributed by atoms with van der Waals surface area (Å²) in [5, 5.41) is 0. The average Bonchev–Trinajstić information content (AvgIpc) is 2.36. The first kappa shape index (κ1) is 9.81. The zero-order chi connectivity index (χ0) is 7.73. The number of halogens is 1. The lowest BCUT2D eigenvalue weighted by Crippen LogP contribution is -2.34. The Morgan fingerprint density at radius 1 is 1.17 bits per heavy atom. The molecule has 1 aliphatic heterocycles. The van der Waals surface area contributed by atoms with Crippen LogP contribution in [0.4, 0.5) is 0 Å². The molecule has 0 aromatic carbocycles. The molecule has 1 amide bonds. The molecule has 0 unspecified atom stereocenters. The summed E-state index contributed by atoms with van der Waals surface area (Å²) in [6.45, 7) is 0.839. The lowest BCUT2D eigenvalue weighted by Gasteiger charge is -2.28. The van der Waals surface area contributed by atoms with Crippen molar-refractivity contribution in [1.82, 2.24) is 10.9 Å². The van der Waals surface area contributed by atoms with E-state index in [0.717, 1.165) is 19.4 Å². The van der Waals surface area contributed by atoms with Gasteiger partial charge < -0.3 is 0 Å². The molecule has 70 valence electrons. The van der Waals surface area contributed by atoms with Crippen LogP contribution in [0.3, 0.4) is 0 Å². The Morgan fingerprint density at radius 2 is 1.83 bits per heavy atom. The van der Waals surface area contributed by atoms with Crippen LogP contribution >= 0.6 is 12.4 Å². The van der Waals surface area contributed by atoms with E-state index in [1.165, 1.54) is 19.3 Å². The molecule has 2 fully saturated rings. The second-order valence-corrected chi connectivity index (χ2v) is 3.65. The Balaban J connectivity index is 0.000000720. The van der Waals surface area contributed by atoms with Crippen molar-refractivity contribution in [3.63, 3.8) is 0 Å². The van der Waals surface area contributed by atoms with Crippen molar-refractivity contribution in [2.45, 2.75) is 32.1 Å². The van der Waals surface area contributed by atoms with Crippen molar-refractivity contribution in [2.75, 3.05) is 6.54 Å². The highest BCUT2D eigenvalue weighted by atomic mass is 35.5. The Bertz CT molecular complexity index is 178. The van der Waals surface area contributed by atoms with Crippen LogP contribution in [0, 0.1) is 5.41 Å². The number of amides is 1. The summed E-state index contributed by atoms with van der Waals surface area (Å²) >= 11 is 0. The maximum Gasteiger partial charge on any atom is 0.241 e. The van der Waals surface area contributed by atoms with E-state index in [1.807, 2.05) is 0 Å². The van der Waals surface area contributed by atoms with Crippen molar-refractivity contribution >= 4 is 18.3 Å². The smallest absolute Gasteiger partial charge is 0.241 e. The Kier molecular flexibility index (Phi) is 2.96. The van der Waals surface area contributed by atoms with Gasteiger partial charge in [-0.25, -0.2) is 5.43 Å². The molecular formula is C8H15ClN2O. The van der Waals surface area contributed by atoms with Crippen molar-refractivity contribution in [2.24, 2.45) is 5.41 Å². The highest BCUT2D eigenvalue weighted by Crippen LogP contribution is 2.37. The summed E-state index contributed by atoms with van der Waals surface area (Å²) in [6, 6.07) is 0. The molecule has 2 rings (SSSR count). The highest BCUT2D eigenvalue weighted by molar-refractivity contribution is 5.85. The van der Waals surface area contributed by atoms with Crippen LogP contribution in [0.1, 0.15) is 32.1 Å². The molecule has 1 saturated heterocycles. The molecule has 2 aliphatic rings. The first-order chi connectivity index (χ1) is 5.33. The van der Waals surface area contributed by atoms with Gasteiger partial charge in [-0.1, -0.05) is 19.3 Å². The van der Waals surface area contributed by atoms with Crippen LogP contribution in [-0.2, 0) is 4.79 Å². The van der Waals surface area contributed by atoms with Gasteiger partial charge >= 0.3 is 0 Å². The van der Waals surface area contributed by atoms with Crippen LogP contribution in [-0.4, -0.2) is 12.5 Å². The van der Waals surface area contributed by atoms with Gasteiger partial charge in [-0.15, -0.1) is 12.4 Å². The second-order valence-electron chi connectivity index (χ2n) is 3.65. The molecule has 1 heterocycles. The zero-order valence-corrected chi connectivity index (χ0v) is 7.88. The van der Waals surface area contributed by atoms with E-state index in [0.29, 0.717) is 0 Å². The summed E-state index contributed by atoms with van der Waals surface area (Å²) in [6.07, 6.45) is 5.89. The molecule has 1 saturated carbocycles. The lowest BCUT2D eigenvalue weighted by atomic mass is 9.74. The largest absolute Gasteiger partial charge is 0.291 e. The number of carbonyl (C=O) groups is 1. The van der Waals surface area contributed by atoms with Crippen LogP contribution < -0.4 is 10.9 Å². The fourth-order valence-electron chi connectivity index (χ4n) is 2.14. The van der Waals surface area contributed by atoms with Gasteiger partial charge in [0.05, 0.1) is 5.41 Å². The molecule has 0 bridgehead atoms. The predicted octanol–water partition coefficient (Wildman–Crippen LogP) is 0.993. The number of hydrogen-bond acceptors (Lipinski definition) is 2. The van der Waals surface area contributed by atoms with Gasteiger partial charge in [0, 0.05) is 6.54 Å². The molecule has 0 radical (unpaired) electrons. The van der Waals surface area contributed by atoms with E-state index in [2.05, 4.69) is 10.9 Å². The van der Waals surface area contributed by atoms with E-state index in [-0.39, 0.29) is 23.7 Å². The van der Waals surface area contributed by atoms with Gasteiger partial charge in [0.2, 0.25) is 5.91 Å². The molecule has 1 aliphatic carbocycles. The SMILES string of the molecule is Cl.O=C1NNCC12CCCCC2. The molecule has 0 atom stereocenters. The molecule has 4 heteroatoms. The topological polar surface area (TPSA) is 41.1 Å². The molecule has 3 nitrogen and oxygen atoms in total. The van der Waals surface area contributed by atoms with E-state index in [9.17, 15) is 4.79 Å². The lowest BCUT2D eigenvalue weighted by molar-refractivity contribution is -0.128. The maximum absolute atomic E-state index is 11.4. The van der Waals surface area contributed by atoms with Gasteiger partial charge in [0.15, 0.2) is 0 Å². The van der Waals surface area contributed by atoms with Crippen LogP contribution in [0.2, 0.25) is 0 Å². The maximum atomic E-state index is 11.4. The third kappa shape index (κ3) is 1.43. The number of hydrogen-bond donors (Lipinski definition) is 2. The summed E-state index contributed by atoms with van der Waals surface area (Å²) in [7, 11) is 0. The summed E-state index contributed by atoms with van der Waals surface area (Å²) < 4.78 is 0. The summed E-state index contributed by atoms with van der Waals surface area (Å²) in [5.41, 5.74) is 5.59. The third-order valence-corrected chi connectivity index (χ3v) is 2.92. The normalized spacial score (nSPS) is 26.5. The minimum Gasteiger partial charge on any atom is -0.291 e. The molecule has 0 aromatic heterocycles. The number of hydrazine groups is 1. The van der Waals surface area contributed by atoms with Crippen LogP contribution in [0.25, 0.3) is 0 Å². The highest BCUT2D eigenvalue weighted by Gasteiger charge is 2.42. The average molecular weight is 191 g/mol. The van der Waals surface area contributed by atoms with Gasteiger partial charge in [-0.3, -0.25) is 10.2 Å². The first-order valence-electron chi connectivity index (χ1n) is 4.37. The Hall–Kier alpha value is -0.280. The molecule has 1 spiro atoms. The van der Waals surface area contributed by atoms with Crippen molar-refractivity contribution in [1.29, 1.82) is 0 Å². The Morgan fingerprint density at radius 3 is 2.33 bits per heavy atom. The van der Waals surface area contributed by atoms with Gasteiger partial charge in [-0.05, 0) is 12.8 Å². The van der Waals surface area contributed by atoms with Crippen molar-refractivity contribution < 1.29 is 4.79 Å². The summed E-state index contributed by atoms with van der Waals surface area (Å²) in [4.78, 5) is 11.4. The third-order valence-electron chi connectivity index (χ3n) is 2.92.